The zero-order valence-electron chi connectivity index (χ0n) is 14.1. The molecule has 4 rings (SSSR count). The van der Waals surface area contributed by atoms with E-state index in [1.165, 1.54) is 0 Å². The van der Waals surface area contributed by atoms with Crippen LogP contribution in [0.5, 0.6) is 0 Å². The van der Waals surface area contributed by atoms with Crippen LogP contribution in [0, 0.1) is 0 Å². The van der Waals surface area contributed by atoms with Gasteiger partial charge in [0.15, 0.2) is 0 Å². The van der Waals surface area contributed by atoms with Crippen molar-refractivity contribution in [3.05, 3.63) is 36.0 Å². The summed E-state index contributed by atoms with van der Waals surface area (Å²) >= 11 is 0. The van der Waals surface area contributed by atoms with E-state index in [-0.39, 0.29) is 11.3 Å². The molecule has 2 aromatic heterocycles. The number of ether oxygens (including phenoxy) is 1. The molecule has 2 aromatic rings. The number of nitrogens with one attached hydrogen (secondary N) is 1. The van der Waals surface area contributed by atoms with Gasteiger partial charge in [0, 0.05) is 30.9 Å². The lowest BCUT2D eigenvalue weighted by molar-refractivity contribution is 0.102. The number of hydrogen-bond donors (Lipinski definition) is 1. The molecule has 1 amide bonds. The maximum atomic E-state index is 12.5. The van der Waals surface area contributed by atoms with E-state index < -0.39 is 0 Å². The highest BCUT2D eigenvalue weighted by molar-refractivity contribution is 6.02. The van der Waals surface area contributed by atoms with Crippen LogP contribution >= 0.6 is 0 Å². The highest BCUT2D eigenvalue weighted by Crippen LogP contribution is 2.45. The summed E-state index contributed by atoms with van der Waals surface area (Å²) in [4.78, 5) is 32.0. The Kier molecular flexibility index (Phi) is 4.04. The summed E-state index contributed by atoms with van der Waals surface area (Å²) in [7, 11) is 0. The van der Waals surface area contributed by atoms with Gasteiger partial charge < -0.3 is 15.0 Å². The molecule has 0 aromatic carbocycles. The number of anilines is 2. The van der Waals surface area contributed by atoms with Crippen molar-refractivity contribution in [2.45, 2.75) is 25.2 Å². The number of rotatable bonds is 4. The van der Waals surface area contributed by atoms with Gasteiger partial charge in [0.2, 0.25) is 5.95 Å². The van der Waals surface area contributed by atoms with Crippen LogP contribution in [0.3, 0.4) is 0 Å². The summed E-state index contributed by atoms with van der Waals surface area (Å²) < 4.78 is 5.33. The summed E-state index contributed by atoms with van der Waals surface area (Å²) in [6.07, 6.45) is 5.45. The van der Waals surface area contributed by atoms with Crippen molar-refractivity contribution < 1.29 is 9.53 Å². The molecule has 0 atom stereocenters. The molecule has 25 heavy (non-hydrogen) atoms. The molecule has 1 saturated heterocycles. The molecule has 0 radical (unpaired) electrons. The molecule has 3 heterocycles. The van der Waals surface area contributed by atoms with Gasteiger partial charge in [-0.25, -0.2) is 19.9 Å². The van der Waals surface area contributed by atoms with Gasteiger partial charge in [0.05, 0.1) is 13.2 Å². The average molecular weight is 340 g/mol. The van der Waals surface area contributed by atoms with E-state index in [2.05, 4.69) is 32.2 Å². The molecule has 0 bridgehead atoms. The van der Waals surface area contributed by atoms with Crippen molar-refractivity contribution in [2.24, 2.45) is 0 Å². The van der Waals surface area contributed by atoms with Gasteiger partial charge in [-0.3, -0.25) is 4.79 Å². The summed E-state index contributed by atoms with van der Waals surface area (Å²) in [5, 5.41) is 2.81. The molecule has 0 unspecified atom stereocenters. The Morgan fingerprint density at radius 3 is 2.68 bits per heavy atom. The third kappa shape index (κ3) is 3.43. The van der Waals surface area contributed by atoms with Crippen LogP contribution < -0.4 is 10.2 Å². The van der Waals surface area contributed by atoms with Crippen LogP contribution in [0.25, 0.3) is 0 Å². The smallest absolute Gasteiger partial charge is 0.275 e. The Balaban J connectivity index is 1.49. The van der Waals surface area contributed by atoms with Crippen LogP contribution in [-0.2, 0) is 10.2 Å². The highest BCUT2D eigenvalue weighted by atomic mass is 16.5. The average Bonchev–Trinajstić information content (AvgIpc) is 3.42. The minimum atomic E-state index is -0.303. The fourth-order valence-corrected chi connectivity index (χ4v) is 2.70. The first-order chi connectivity index (χ1) is 12.1. The van der Waals surface area contributed by atoms with Crippen molar-refractivity contribution in [3.8, 4) is 0 Å². The molecule has 2 fully saturated rings. The van der Waals surface area contributed by atoms with E-state index in [9.17, 15) is 4.79 Å². The molecule has 1 saturated carbocycles. The van der Waals surface area contributed by atoms with Crippen LogP contribution in [0.15, 0.2) is 24.5 Å². The SMILES string of the molecule is CC1(c2nccc(NC(=O)c3ccnc(N4CCOCC4)n3)n2)CC1. The molecule has 1 aliphatic carbocycles. The Bertz CT molecular complexity index is 786. The number of aromatic nitrogens is 4. The van der Waals surface area contributed by atoms with Crippen molar-refractivity contribution in [1.29, 1.82) is 0 Å². The van der Waals surface area contributed by atoms with Crippen molar-refractivity contribution in [3.63, 3.8) is 0 Å². The quantitative estimate of drug-likeness (QED) is 0.899. The first kappa shape index (κ1) is 15.9. The first-order valence-corrected chi connectivity index (χ1v) is 8.45. The Morgan fingerprint density at radius 2 is 1.92 bits per heavy atom. The Hall–Kier alpha value is -2.61. The van der Waals surface area contributed by atoms with E-state index >= 15 is 0 Å². The second kappa shape index (κ2) is 6.36. The van der Waals surface area contributed by atoms with E-state index in [1.807, 2.05) is 4.90 Å². The van der Waals surface area contributed by atoms with Gasteiger partial charge in [-0.2, -0.15) is 0 Å². The van der Waals surface area contributed by atoms with Gasteiger partial charge >= 0.3 is 0 Å². The monoisotopic (exact) mass is 340 g/mol. The molecule has 8 nitrogen and oxygen atoms in total. The molecule has 1 N–H and O–H groups in total. The number of carbonyl (C=O) groups excluding carboxylic acids is 1. The number of amides is 1. The molecular weight excluding hydrogens is 320 g/mol. The number of nitrogens with zero attached hydrogens (tertiary/aromatic N) is 5. The minimum Gasteiger partial charge on any atom is -0.378 e. The zero-order chi connectivity index (χ0) is 17.3. The van der Waals surface area contributed by atoms with Crippen LogP contribution in [0.1, 0.15) is 36.1 Å². The predicted molar refractivity (Wildman–Crippen MR) is 91.6 cm³/mol. The fraction of sp³-hybridized carbons (Fsp3) is 0.471. The largest absolute Gasteiger partial charge is 0.378 e. The van der Waals surface area contributed by atoms with E-state index in [0.29, 0.717) is 30.7 Å². The third-order valence-electron chi connectivity index (χ3n) is 4.61. The standard InChI is InChI=1S/C17H20N6O2/c1-17(4-5-17)15-18-7-3-13(22-15)21-14(24)12-2-6-19-16(20-12)23-8-10-25-11-9-23/h2-3,6-7H,4-5,8-11H2,1H3,(H,18,21,22,24). The van der Waals surface area contributed by atoms with Crippen LogP contribution in [0.4, 0.5) is 11.8 Å². The highest BCUT2D eigenvalue weighted by Gasteiger charge is 2.42. The van der Waals surface area contributed by atoms with E-state index in [4.69, 9.17) is 4.74 Å². The van der Waals surface area contributed by atoms with Crippen LogP contribution in [0.2, 0.25) is 0 Å². The number of hydrogen-bond acceptors (Lipinski definition) is 7. The summed E-state index contributed by atoms with van der Waals surface area (Å²) in [6, 6.07) is 3.29. The third-order valence-corrected chi connectivity index (χ3v) is 4.61. The lowest BCUT2D eigenvalue weighted by Crippen LogP contribution is -2.37. The Morgan fingerprint density at radius 1 is 1.16 bits per heavy atom. The van der Waals surface area contributed by atoms with Gasteiger partial charge in [-0.1, -0.05) is 6.92 Å². The molecule has 8 heteroatoms. The topological polar surface area (TPSA) is 93.1 Å². The summed E-state index contributed by atoms with van der Waals surface area (Å²) in [5.41, 5.74) is 0.369. The summed E-state index contributed by atoms with van der Waals surface area (Å²) in [6.45, 7) is 4.86. The van der Waals surface area contributed by atoms with Crippen molar-refractivity contribution >= 4 is 17.7 Å². The second-order valence-corrected chi connectivity index (χ2v) is 6.62. The van der Waals surface area contributed by atoms with Crippen molar-refractivity contribution in [1.82, 2.24) is 19.9 Å². The second-order valence-electron chi connectivity index (χ2n) is 6.62. The normalized spacial score (nSPS) is 18.7. The lowest BCUT2D eigenvalue weighted by atomic mass is 10.1. The van der Waals surface area contributed by atoms with Gasteiger partial charge in [0.25, 0.3) is 5.91 Å². The number of morpholine rings is 1. The lowest BCUT2D eigenvalue weighted by Gasteiger charge is -2.26. The van der Waals surface area contributed by atoms with Gasteiger partial charge in [-0.15, -0.1) is 0 Å². The molecule has 0 spiro atoms. The van der Waals surface area contributed by atoms with Crippen molar-refractivity contribution in [2.75, 3.05) is 36.5 Å². The Labute approximate surface area is 145 Å². The maximum Gasteiger partial charge on any atom is 0.275 e. The zero-order valence-corrected chi connectivity index (χ0v) is 14.1. The van der Waals surface area contributed by atoms with Gasteiger partial charge in [0.1, 0.15) is 17.3 Å². The summed E-state index contributed by atoms with van der Waals surface area (Å²) in [5.74, 6) is 1.52. The number of carbonyl (C=O) groups is 1. The first-order valence-electron chi connectivity index (χ1n) is 8.45. The maximum absolute atomic E-state index is 12.5. The predicted octanol–water partition coefficient (Wildman–Crippen LogP) is 1.41. The van der Waals surface area contributed by atoms with Gasteiger partial charge in [-0.05, 0) is 25.0 Å². The van der Waals surface area contributed by atoms with Crippen LogP contribution in [-0.4, -0.2) is 52.1 Å². The molecule has 2 aliphatic rings. The molecule has 130 valence electrons. The van der Waals surface area contributed by atoms with E-state index in [0.717, 1.165) is 31.8 Å². The minimum absolute atomic E-state index is 0.0547. The molecule has 1 aliphatic heterocycles. The fourth-order valence-electron chi connectivity index (χ4n) is 2.70. The van der Waals surface area contributed by atoms with E-state index in [1.54, 1.807) is 24.5 Å². The molecular formula is C17H20N6O2.